The molecule has 0 bridgehead atoms. The van der Waals surface area contributed by atoms with Crippen molar-refractivity contribution in [3.05, 3.63) is 70.8 Å². The van der Waals surface area contributed by atoms with E-state index in [4.69, 9.17) is 5.73 Å². The number of hydrogen-bond acceptors (Lipinski definition) is 8. The number of halogens is 3. The maximum Gasteiger partial charge on any atom is 0.492 e. The van der Waals surface area contributed by atoms with Crippen molar-refractivity contribution < 1.29 is 41.9 Å². The van der Waals surface area contributed by atoms with Gasteiger partial charge in [0.25, 0.3) is 0 Å². The standard InChI is InChI=1S/C14H8O2.C7H11F3N2O4/c15-13-9-5-1-2-6-10(9)14(16)12-8-4-3-7-11(12)13;1-4(11)5(13)15-3-2-12-16-6(14)7(8,9)10/h1-8H;4,12H,2-3,11H2,1H3/t;4-/m.1/s1. The van der Waals surface area contributed by atoms with Crippen molar-refractivity contribution in [3.8, 4) is 0 Å². The SMILES string of the molecule is C[C@@H](N)C(=O)OCCNOC(=O)C(F)(F)F.O=C1c2ccccc2C(=O)c2ccccc21. The van der Waals surface area contributed by atoms with E-state index in [2.05, 4.69) is 9.57 Å². The number of hydroxylamine groups is 1. The Hall–Kier alpha value is -3.57. The number of carbonyl (C=O) groups excluding carboxylic acids is 4. The van der Waals surface area contributed by atoms with E-state index in [1.165, 1.54) is 6.92 Å². The molecule has 0 heterocycles. The summed E-state index contributed by atoms with van der Waals surface area (Å²) in [6.45, 7) is 0.866. The topological polar surface area (TPSA) is 125 Å². The largest absolute Gasteiger partial charge is 0.492 e. The van der Waals surface area contributed by atoms with Crippen LogP contribution in [0.2, 0.25) is 0 Å². The minimum absolute atomic E-state index is 0.0641. The van der Waals surface area contributed by atoms with Crippen LogP contribution in [0.5, 0.6) is 0 Å². The maximum absolute atomic E-state index is 12.1. The second-order valence-electron chi connectivity index (χ2n) is 6.49. The predicted molar refractivity (Wildman–Crippen MR) is 105 cm³/mol. The summed E-state index contributed by atoms with van der Waals surface area (Å²) in [6.07, 6.45) is -5.06. The van der Waals surface area contributed by atoms with E-state index in [9.17, 15) is 32.3 Å². The van der Waals surface area contributed by atoms with Crippen LogP contribution < -0.4 is 11.2 Å². The van der Waals surface area contributed by atoms with E-state index in [0.29, 0.717) is 22.3 Å². The zero-order valence-electron chi connectivity index (χ0n) is 16.8. The monoisotopic (exact) mass is 452 g/mol. The van der Waals surface area contributed by atoms with Gasteiger partial charge in [0.05, 0.1) is 6.54 Å². The molecule has 0 unspecified atom stereocenters. The predicted octanol–water partition coefficient (Wildman–Crippen LogP) is 1.95. The van der Waals surface area contributed by atoms with Gasteiger partial charge in [-0.05, 0) is 6.92 Å². The molecular weight excluding hydrogens is 433 g/mol. The molecule has 0 saturated carbocycles. The first-order valence-corrected chi connectivity index (χ1v) is 9.24. The lowest BCUT2D eigenvalue weighted by molar-refractivity contribution is -0.207. The van der Waals surface area contributed by atoms with Crippen LogP contribution in [0, 0.1) is 0 Å². The zero-order chi connectivity index (χ0) is 23.9. The van der Waals surface area contributed by atoms with Crippen LogP contribution in [-0.2, 0) is 19.2 Å². The minimum Gasteiger partial charge on any atom is -0.463 e. The Bertz CT molecular complexity index is 915. The molecule has 0 aromatic heterocycles. The van der Waals surface area contributed by atoms with Gasteiger partial charge in [-0.2, -0.15) is 13.2 Å². The molecule has 0 radical (unpaired) electrons. The first kappa shape index (κ1) is 24.7. The van der Waals surface area contributed by atoms with E-state index in [0.717, 1.165) is 0 Å². The molecule has 1 aliphatic carbocycles. The second kappa shape index (κ2) is 10.6. The molecule has 0 spiro atoms. The smallest absolute Gasteiger partial charge is 0.463 e. The highest BCUT2D eigenvalue weighted by Gasteiger charge is 2.41. The quantitative estimate of drug-likeness (QED) is 0.342. The molecule has 3 rings (SSSR count). The average molecular weight is 452 g/mol. The van der Waals surface area contributed by atoms with Crippen LogP contribution in [0.3, 0.4) is 0 Å². The van der Waals surface area contributed by atoms with E-state index >= 15 is 0 Å². The molecule has 1 aliphatic rings. The molecule has 0 saturated heterocycles. The van der Waals surface area contributed by atoms with Gasteiger partial charge in [-0.1, -0.05) is 48.5 Å². The summed E-state index contributed by atoms with van der Waals surface area (Å²) in [5.41, 5.74) is 8.85. The van der Waals surface area contributed by atoms with E-state index < -0.39 is 24.2 Å². The molecule has 2 aromatic carbocycles. The van der Waals surface area contributed by atoms with E-state index in [-0.39, 0.29) is 24.7 Å². The van der Waals surface area contributed by atoms with Gasteiger partial charge < -0.3 is 15.3 Å². The van der Waals surface area contributed by atoms with Crippen molar-refractivity contribution in [1.82, 2.24) is 5.48 Å². The Labute approximate surface area is 180 Å². The van der Waals surface area contributed by atoms with Crippen LogP contribution in [-0.4, -0.2) is 48.9 Å². The summed E-state index contributed by atoms with van der Waals surface area (Å²) in [4.78, 5) is 48.7. The summed E-state index contributed by atoms with van der Waals surface area (Å²) >= 11 is 0. The molecule has 1 atom stereocenters. The number of ketones is 2. The highest BCUT2D eigenvalue weighted by atomic mass is 19.4. The highest BCUT2D eigenvalue weighted by Crippen LogP contribution is 2.26. The van der Waals surface area contributed by atoms with Gasteiger partial charge in [-0.25, -0.2) is 4.79 Å². The number of alkyl halides is 3. The van der Waals surface area contributed by atoms with Crippen molar-refractivity contribution in [3.63, 3.8) is 0 Å². The number of nitrogens with two attached hydrogens (primary N) is 1. The van der Waals surface area contributed by atoms with Gasteiger partial charge in [0.1, 0.15) is 12.6 Å². The summed E-state index contributed by atoms with van der Waals surface area (Å²) in [5, 5.41) is 0. The number of ether oxygens (including phenoxy) is 1. The van der Waals surface area contributed by atoms with Crippen molar-refractivity contribution >= 4 is 23.5 Å². The number of nitrogens with one attached hydrogen (secondary N) is 1. The third-order valence-electron chi connectivity index (χ3n) is 4.05. The molecule has 170 valence electrons. The normalized spacial score (nSPS) is 13.2. The zero-order valence-corrected chi connectivity index (χ0v) is 16.8. The first-order valence-electron chi connectivity index (χ1n) is 9.24. The van der Waals surface area contributed by atoms with Gasteiger partial charge in [0.2, 0.25) is 0 Å². The van der Waals surface area contributed by atoms with Crippen LogP contribution in [0.1, 0.15) is 38.8 Å². The molecule has 8 nitrogen and oxygen atoms in total. The van der Waals surface area contributed by atoms with Crippen molar-refractivity contribution in [2.45, 2.75) is 19.1 Å². The van der Waals surface area contributed by atoms with Gasteiger partial charge in [-0.15, -0.1) is 5.48 Å². The second-order valence-corrected chi connectivity index (χ2v) is 6.49. The first-order chi connectivity index (χ1) is 15.0. The van der Waals surface area contributed by atoms with Crippen LogP contribution in [0.15, 0.2) is 48.5 Å². The summed E-state index contributed by atoms with van der Waals surface area (Å²) in [6, 6.07) is 13.1. The minimum atomic E-state index is -5.06. The van der Waals surface area contributed by atoms with Crippen LogP contribution in [0.4, 0.5) is 13.2 Å². The molecule has 3 N–H and O–H groups in total. The summed E-state index contributed by atoms with van der Waals surface area (Å²) in [7, 11) is 0. The molecule has 11 heteroatoms. The fraction of sp³-hybridized carbons (Fsp3) is 0.238. The molecule has 2 aromatic rings. The number of hydrogen-bond donors (Lipinski definition) is 2. The summed E-state index contributed by atoms with van der Waals surface area (Å²) < 4.78 is 39.2. The van der Waals surface area contributed by atoms with Gasteiger partial charge in [0, 0.05) is 22.3 Å². The van der Waals surface area contributed by atoms with Crippen molar-refractivity contribution in [1.29, 1.82) is 0 Å². The number of fused-ring (bicyclic) bond motifs is 2. The molecular formula is C21H19F3N2O6. The fourth-order valence-corrected chi connectivity index (χ4v) is 2.55. The number of carbonyl (C=O) groups is 4. The van der Waals surface area contributed by atoms with Crippen LogP contribution in [0.25, 0.3) is 0 Å². The van der Waals surface area contributed by atoms with Gasteiger partial charge in [-0.3, -0.25) is 14.4 Å². The average Bonchev–Trinajstić information content (AvgIpc) is 2.76. The maximum atomic E-state index is 12.1. The van der Waals surface area contributed by atoms with Gasteiger partial charge in [0.15, 0.2) is 11.6 Å². The Balaban J connectivity index is 0.000000227. The van der Waals surface area contributed by atoms with E-state index in [1.54, 1.807) is 54.0 Å². The van der Waals surface area contributed by atoms with Crippen LogP contribution >= 0.6 is 0 Å². The molecule has 0 aliphatic heterocycles. The molecule has 0 fully saturated rings. The lowest BCUT2D eigenvalue weighted by Gasteiger charge is -2.16. The molecule has 0 amide bonds. The highest BCUT2D eigenvalue weighted by molar-refractivity contribution is 6.28. The number of rotatable bonds is 5. The van der Waals surface area contributed by atoms with Gasteiger partial charge >= 0.3 is 18.1 Å². The summed E-state index contributed by atoms with van der Waals surface area (Å²) in [5.74, 6) is -3.20. The van der Waals surface area contributed by atoms with Crippen molar-refractivity contribution in [2.75, 3.05) is 13.2 Å². The lowest BCUT2D eigenvalue weighted by Crippen LogP contribution is -2.34. The lowest BCUT2D eigenvalue weighted by atomic mass is 9.84. The fourth-order valence-electron chi connectivity index (χ4n) is 2.55. The Morgan fingerprint density at radius 1 is 0.938 bits per heavy atom. The van der Waals surface area contributed by atoms with Crippen molar-refractivity contribution in [2.24, 2.45) is 5.73 Å². The van der Waals surface area contributed by atoms with E-state index in [1.807, 2.05) is 0 Å². The Morgan fingerprint density at radius 3 is 1.69 bits per heavy atom. The Kier molecular flexibility index (Phi) is 8.21. The Morgan fingerprint density at radius 2 is 1.34 bits per heavy atom. The number of esters is 1. The third-order valence-corrected chi connectivity index (χ3v) is 4.05. The third kappa shape index (κ3) is 6.22. The molecule has 32 heavy (non-hydrogen) atoms. The number of benzene rings is 2.